The Balaban J connectivity index is 2.07. The highest BCUT2D eigenvalue weighted by Crippen LogP contribution is 2.11. The molecule has 0 fully saturated rings. The molecule has 19 heavy (non-hydrogen) atoms. The minimum Gasteiger partial charge on any atom is -0.494 e. The maximum absolute atomic E-state index is 12.6. The van der Waals surface area contributed by atoms with Gasteiger partial charge in [0.1, 0.15) is 11.6 Å². The van der Waals surface area contributed by atoms with Gasteiger partial charge in [-0.25, -0.2) is 4.39 Å². The number of carbonyl (C=O) groups is 1. The number of unbranched alkanes of at least 4 members (excludes halogenated alkanes) is 1. The van der Waals surface area contributed by atoms with Crippen molar-refractivity contribution in [3.63, 3.8) is 0 Å². The summed E-state index contributed by atoms with van der Waals surface area (Å²) in [6.07, 6.45) is 3.27. The molecule has 0 aliphatic carbocycles. The molecule has 0 aliphatic rings. The SMILES string of the molecule is CC(C)=CC(=O)NCCCCOc1ccc(F)cc1. The van der Waals surface area contributed by atoms with Crippen molar-refractivity contribution < 1.29 is 13.9 Å². The molecule has 1 aromatic rings. The molecule has 104 valence electrons. The van der Waals surface area contributed by atoms with E-state index in [0.29, 0.717) is 18.9 Å². The lowest BCUT2D eigenvalue weighted by Gasteiger charge is -2.06. The molecule has 0 aliphatic heterocycles. The van der Waals surface area contributed by atoms with E-state index in [2.05, 4.69) is 5.32 Å². The van der Waals surface area contributed by atoms with E-state index in [1.54, 1.807) is 18.2 Å². The van der Waals surface area contributed by atoms with Crippen molar-refractivity contribution in [2.24, 2.45) is 0 Å². The van der Waals surface area contributed by atoms with Crippen LogP contribution in [0.5, 0.6) is 5.75 Å². The highest BCUT2D eigenvalue weighted by atomic mass is 19.1. The fourth-order valence-corrected chi connectivity index (χ4v) is 1.47. The number of halogens is 1. The molecule has 0 bridgehead atoms. The summed E-state index contributed by atoms with van der Waals surface area (Å²) in [6, 6.07) is 5.95. The summed E-state index contributed by atoms with van der Waals surface area (Å²) >= 11 is 0. The smallest absolute Gasteiger partial charge is 0.243 e. The maximum atomic E-state index is 12.6. The van der Waals surface area contributed by atoms with Crippen LogP contribution in [0.15, 0.2) is 35.9 Å². The Morgan fingerprint density at radius 2 is 1.95 bits per heavy atom. The Hall–Kier alpha value is -1.84. The van der Waals surface area contributed by atoms with Gasteiger partial charge in [0.05, 0.1) is 6.61 Å². The highest BCUT2D eigenvalue weighted by molar-refractivity contribution is 5.87. The average Bonchev–Trinajstić information content (AvgIpc) is 2.35. The van der Waals surface area contributed by atoms with E-state index >= 15 is 0 Å². The number of rotatable bonds is 7. The molecule has 0 aromatic heterocycles. The molecule has 4 heteroatoms. The number of carbonyl (C=O) groups excluding carboxylic acids is 1. The summed E-state index contributed by atoms with van der Waals surface area (Å²) < 4.78 is 18.1. The van der Waals surface area contributed by atoms with Crippen molar-refractivity contribution in [1.29, 1.82) is 0 Å². The second kappa shape index (κ2) is 8.29. The molecular weight excluding hydrogens is 245 g/mol. The molecule has 0 saturated carbocycles. The lowest BCUT2D eigenvalue weighted by atomic mass is 10.3. The van der Waals surface area contributed by atoms with Crippen molar-refractivity contribution >= 4 is 5.91 Å². The Kier molecular flexibility index (Phi) is 6.64. The summed E-state index contributed by atoms with van der Waals surface area (Å²) in [4.78, 5) is 11.3. The van der Waals surface area contributed by atoms with Gasteiger partial charge in [-0.2, -0.15) is 0 Å². The molecule has 0 heterocycles. The molecule has 3 nitrogen and oxygen atoms in total. The van der Waals surface area contributed by atoms with Gasteiger partial charge in [-0.05, 0) is 51.0 Å². The number of allylic oxidation sites excluding steroid dienone is 1. The van der Waals surface area contributed by atoms with Crippen LogP contribution in [0.25, 0.3) is 0 Å². The Morgan fingerprint density at radius 3 is 2.58 bits per heavy atom. The molecule has 1 aromatic carbocycles. The summed E-state index contributed by atoms with van der Waals surface area (Å²) in [6.45, 7) is 4.96. The predicted octanol–water partition coefficient (Wildman–Crippen LogP) is 3.07. The first-order valence-corrected chi connectivity index (χ1v) is 6.39. The topological polar surface area (TPSA) is 38.3 Å². The van der Waals surface area contributed by atoms with Crippen LogP contribution < -0.4 is 10.1 Å². The monoisotopic (exact) mass is 265 g/mol. The van der Waals surface area contributed by atoms with Gasteiger partial charge in [0.15, 0.2) is 0 Å². The lowest BCUT2D eigenvalue weighted by molar-refractivity contribution is -0.116. The van der Waals surface area contributed by atoms with E-state index in [9.17, 15) is 9.18 Å². The number of nitrogens with one attached hydrogen (secondary N) is 1. The van der Waals surface area contributed by atoms with E-state index < -0.39 is 0 Å². The summed E-state index contributed by atoms with van der Waals surface area (Å²) in [5.74, 6) is 0.337. The van der Waals surface area contributed by atoms with E-state index in [1.165, 1.54) is 12.1 Å². The van der Waals surface area contributed by atoms with Gasteiger partial charge in [-0.3, -0.25) is 4.79 Å². The third-order valence-electron chi connectivity index (χ3n) is 2.37. The Labute approximate surface area is 113 Å². The third-order valence-corrected chi connectivity index (χ3v) is 2.37. The van der Waals surface area contributed by atoms with Crippen molar-refractivity contribution in [2.45, 2.75) is 26.7 Å². The fraction of sp³-hybridized carbons (Fsp3) is 0.400. The largest absolute Gasteiger partial charge is 0.494 e. The zero-order valence-corrected chi connectivity index (χ0v) is 11.4. The molecule has 0 radical (unpaired) electrons. The van der Waals surface area contributed by atoms with Gasteiger partial charge in [-0.1, -0.05) is 5.57 Å². The first-order valence-electron chi connectivity index (χ1n) is 6.39. The average molecular weight is 265 g/mol. The van der Waals surface area contributed by atoms with Gasteiger partial charge in [-0.15, -0.1) is 0 Å². The van der Waals surface area contributed by atoms with Crippen LogP contribution in [0.3, 0.4) is 0 Å². The molecule has 1 N–H and O–H groups in total. The van der Waals surface area contributed by atoms with E-state index in [1.807, 2.05) is 13.8 Å². The number of benzene rings is 1. The van der Waals surface area contributed by atoms with Gasteiger partial charge in [0.2, 0.25) is 5.91 Å². The van der Waals surface area contributed by atoms with Crippen LogP contribution in [0.1, 0.15) is 26.7 Å². The fourth-order valence-electron chi connectivity index (χ4n) is 1.47. The quantitative estimate of drug-likeness (QED) is 0.608. The summed E-state index contributed by atoms with van der Waals surface area (Å²) in [5, 5.41) is 2.80. The second-order valence-electron chi connectivity index (χ2n) is 4.52. The Bertz CT molecular complexity index is 422. The molecule has 0 unspecified atom stereocenters. The number of amides is 1. The zero-order chi connectivity index (χ0) is 14.1. The number of hydrogen-bond acceptors (Lipinski definition) is 2. The minimum absolute atomic E-state index is 0.0561. The van der Waals surface area contributed by atoms with Crippen molar-refractivity contribution in [3.05, 3.63) is 41.7 Å². The predicted molar refractivity (Wildman–Crippen MR) is 73.6 cm³/mol. The first kappa shape index (κ1) is 15.2. The van der Waals surface area contributed by atoms with Crippen molar-refractivity contribution in [1.82, 2.24) is 5.32 Å². The van der Waals surface area contributed by atoms with E-state index in [0.717, 1.165) is 18.4 Å². The van der Waals surface area contributed by atoms with E-state index in [-0.39, 0.29) is 11.7 Å². The number of hydrogen-bond donors (Lipinski definition) is 1. The van der Waals surface area contributed by atoms with E-state index in [4.69, 9.17) is 4.74 Å². The van der Waals surface area contributed by atoms with Gasteiger partial charge in [0.25, 0.3) is 0 Å². The summed E-state index contributed by atoms with van der Waals surface area (Å²) in [7, 11) is 0. The summed E-state index contributed by atoms with van der Waals surface area (Å²) in [5.41, 5.74) is 0.983. The molecule has 0 spiro atoms. The van der Waals surface area contributed by atoms with Crippen LogP contribution in [-0.4, -0.2) is 19.1 Å². The Morgan fingerprint density at radius 1 is 1.26 bits per heavy atom. The first-order chi connectivity index (χ1) is 9.08. The minimum atomic E-state index is -0.269. The highest BCUT2D eigenvalue weighted by Gasteiger charge is 1.97. The normalized spacial score (nSPS) is 9.84. The van der Waals surface area contributed by atoms with Crippen molar-refractivity contribution in [2.75, 3.05) is 13.2 Å². The second-order valence-corrected chi connectivity index (χ2v) is 4.52. The van der Waals surface area contributed by atoms with Gasteiger partial charge >= 0.3 is 0 Å². The van der Waals surface area contributed by atoms with Crippen LogP contribution in [0.2, 0.25) is 0 Å². The van der Waals surface area contributed by atoms with Crippen LogP contribution >= 0.6 is 0 Å². The molecule has 1 amide bonds. The molecule has 0 atom stereocenters. The van der Waals surface area contributed by atoms with Crippen molar-refractivity contribution in [3.8, 4) is 5.75 Å². The van der Waals surface area contributed by atoms with Crippen LogP contribution in [0.4, 0.5) is 4.39 Å². The third kappa shape index (κ3) is 7.24. The molecular formula is C15H20FNO2. The van der Waals surface area contributed by atoms with Crippen LogP contribution in [-0.2, 0) is 4.79 Å². The standard InChI is InChI=1S/C15H20FNO2/c1-12(2)11-15(18)17-9-3-4-10-19-14-7-5-13(16)6-8-14/h5-8,11H,3-4,9-10H2,1-2H3,(H,17,18). The van der Waals surface area contributed by atoms with Gasteiger partial charge < -0.3 is 10.1 Å². The lowest BCUT2D eigenvalue weighted by Crippen LogP contribution is -2.22. The maximum Gasteiger partial charge on any atom is 0.243 e. The van der Waals surface area contributed by atoms with Crippen LogP contribution in [0, 0.1) is 5.82 Å². The molecule has 0 saturated heterocycles. The number of ether oxygens (including phenoxy) is 1. The van der Waals surface area contributed by atoms with Gasteiger partial charge in [0, 0.05) is 12.6 Å². The molecule has 1 rings (SSSR count). The zero-order valence-electron chi connectivity index (χ0n) is 11.4.